The van der Waals surface area contributed by atoms with Crippen LogP contribution in [0.1, 0.15) is 16.1 Å². The second-order valence-corrected chi connectivity index (χ2v) is 9.11. The van der Waals surface area contributed by atoms with E-state index >= 15 is 0 Å². The largest absolute Gasteiger partial charge is 0.493 e. The van der Waals surface area contributed by atoms with Gasteiger partial charge in [0.2, 0.25) is 0 Å². The zero-order valence-corrected chi connectivity index (χ0v) is 21.9. The number of fused-ring (bicyclic) bond motifs is 1. The molecule has 0 unspecified atom stereocenters. The van der Waals surface area contributed by atoms with E-state index in [-0.39, 0.29) is 18.1 Å². The number of nitrogens with zero attached hydrogens (tertiary/aromatic N) is 1. The molecule has 11 heteroatoms. The van der Waals surface area contributed by atoms with E-state index in [0.29, 0.717) is 27.1 Å². The Morgan fingerprint density at radius 3 is 2.64 bits per heavy atom. The lowest BCUT2D eigenvalue weighted by Crippen LogP contribution is -2.21. The van der Waals surface area contributed by atoms with Gasteiger partial charge in [0.25, 0.3) is 5.91 Å². The molecule has 0 bridgehead atoms. The molecule has 0 saturated carbocycles. The van der Waals surface area contributed by atoms with Crippen LogP contribution in [0.3, 0.4) is 0 Å². The van der Waals surface area contributed by atoms with Crippen LogP contribution < -0.4 is 20.2 Å². The van der Waals surface area contributed by atoms with Gasteiger partial charge >= 0.3 is 5.91 Å². The third-order valence-electron chi connectivity index (χ3n) is 4.83. The molecule has 1 aromatic heterocycles. The first-order valence-corrected chi connectivity index (χ1v) is 12.0. The van der Waals surface area contributed by atoms with Crippen LogP contribution in [0.2, 0.25) is 0 Å². The van der Waals surface area contributed by atoms with Gasteiger partial charge in [-0.25, -0.2) is 9.82 Å². The average Bonchev–Trinajstić information content (AvgIpc) is 3.29. The molecule has 0 aliphatic rings. The first-order valence-electron chi connectivity index (χ1n) is 10.4. The fraction of sp³-hybridized carbons (Fsp3) is 0.0800. The minimum Gasteiger partial charge on any atom is -0.493 e. The van der Waals surface area contributed by atoms with Gasteiger partial charge in [-0.2, -0.15) is 5.10 Å². The number of amides is 2. The lowest BCUT2D eigenvalue weighted by molar-refractivity contribution is -0.118. The summed E-state index contributed by atoms with van der Waals surface area (Å²) in [6, 6.07) is 15.7. The molecule has 0 atom stereocenters. The van der Waals surface area contributed by atoms with Gasteiger partial charge < -0.3 is 19.2 Å². The summed E-state index contributed by atoms with van der Waals surface area (Å²) in [6.07, 6.45) is 1.36. The molecule has 0 aliphatic heterocycles. The SMILES string of the molecule is COc1cccc(/C=N\NC(=O)c2cc3cc(Br)cc(Br)c3o2)c1OCC(=O)Nc1ccc(F)cc1. The van der Waals surface area contributed by atoms with Gasteiger partial charge in [0.05, 0.1) is 17.8 Å². The number of para-hydroxylation sites is 1. The van der Waals surface area contributed by atoms with Crippen molar-refractivity contribution in [2.75, 3.05) is 19.0 Å². The molecule has 4 rings (SSSR count). The van der Waals surface area contributed by atoms with Crippen LogP contribution in [0.25, 0.3) is 11.0 Å². The van der Waals surface area contributed by atoms with Gasteiger partial charge in [-0.15, -0.1) is 0 Å². The van der Waals surface area contributed by atoms with Crippen molar-refractivity contribution in [3.05, 3.63) is 86.8 Å². The van der Waals surface area contributed by atoms with Crippen molar-refractivity contribution in [3.63, 3.8) is 0 Å². The molecule has 4 aromatic rings. The average molecular weight is 619 g/mol. The van der Waals surface area contributed by atoms with Crippen molar-refractivity contribution in [2.45, 2.75) is 0 Å². The molecule has 0 spiro atoms. The number of hydrogen-bond acceptors (Lipinski definition) is 6. The van der Waals surface area contributed by atoms with E-state index in [1.54, 1.807) is 24.3 Å². The minimum absolute atomic E-state index is 0.0838. The first-order chi connectivity index (χ1) is 17.3. The van der Waals surface area contributed by atoms with Gasteiger partial charge in [-0.1, -0.05) is 22.0 Å². The summed E-state index contributed by atoms with van der Waals surface area (Å²) >= 11 is 6.81. The molecular formula is C25H18Br2FN3O5. The Hall–Kier alpha value is -3.70. The van der Waals surface area contributed by atoms with Gasteiger partial charge in [0, 0.05) is 21.1 Å². The van der Waals surface area contributed by atoms with E-state index in [4.69, 9.17) is 13.9 Å². The predicted octanol–water partition coefficient (Wildman–Crippen LogP) is 5.89. The molecule has 0 radical (unpaired) electrons. The standard InChI is InChI=1S/C25H18Br2FN3O5/c1-34-20-4-2-3-14(24(20)35-13-22(32)30-18-7-5-17(28)6-8-18)12-29-31-25(33)21-10-15-9-16(26)11-19(27)23(15)36-21/h2-12H,13H2,1H3,(H,30,32)(H,31,33)/b29-12-. The number of anilines is 1. The number of carbonyl (C=O) groups excluding carboxylic acids is 2. The Morgan fingerprint density at radius 2 is 1.89 bits per heavy atom. The van der Waals surface area contributed by atoms with Crippen LogP contribution in [-0.2, 0) is 4.79 Å². The number of methoxy groups -OCH3 is 1. The summed E-state index contributed by atoms with van der Waals surface area (Å²) in [7, 11) is 1.46. The predicted molar refractivity (Wildman–Crippen MR) is 140 cm³/mol. The van der Waals surface area contributed by atoms with Crippen LogP contribution in [-0.4, -0.2) is 31.7 Å². The van der Waals surface area contributed by atoms with Crippen LogP contribution in [0.5, 0.6) is 11.5 Å². The third kappa shape index (κ3) is 6.10. The van der Waals surface area contributed by atoms with E-state index in [1.807, 2.05) is 12.1 Å². The van der Waals surface area contributed by atoms with Crippen molar-refractivity contribution in [1.29, 1.82) is 0 Å². The van der Waals surface area contributed by atoms with E-state index < -0.39 is 17.6 Å². The number of carbonyl (C=O) groups is 2. The second-order valence-electron chi connectivity index (χ2n) is 7.34. The van der Waals surface area contributed by atoms with Crippen LogP contribution in [0.4, 0.5) is 10.1 Å². The maximum atomic E-state index is 13.0. The number of furan rings is 1. The lowest BCUT2D eigenvalue weighted by atomic mass is 10.2. The van der Waals surface area contributed by atoms with E-state index in [9.17, 15) is 14.0 Å². The Bertz CT molecular complexity index is 1450. The number of nitrogens with one attached hydrogen (secondary N) is 2. The van der Waals surface area contributed by atoms with Gasteiger partial charge in [0.15, 0.2) is 23.9 Å². The molecule has 0 saturated heterocycles. The first kappa shape index (κ1) is 25.4. The number of rotatable bonds is 8. The van der Waals surface area contributed by atoms with Crippen molar-refractivity contribution in [2.24, 2.45) is 5.10 Å². The number of benzene rings is 3. The molecule has 0 fully saturated rings. The Kier molecular flexibility index (Phi) is 8.01. The number of hydrogen-bond donors (Lipinski definition) is 2. The molecule has 8 nitrogen and oxygen atoms in total. The molecule has 3 aromatic carbocycles. The highest BCUT2D eigenvalue weighted by Crippen LogP contribution is 2.31. The molecule has 184 valence electrons. The van der Waals surface area contributed by atoms with E-state index in [0.717, 1.165) is 9.86 Å². The number of ether oxygens (including phenoxy) is 2. The normalized spacial score (nSPS) is 11.0. The highest BCUT2D eigenvalue weighted by atomic mass is 79.9. The van der Waals surface area contributed by atoms with Crippen LogP contribution in [0, 0.1) is 5.82 Å². The molecule has 0 aliphatic carbocycles. The highest BCUT2D eigenvalue weighted by Gasteiger charge is 2.15. The zero-order valence-electron chi connectivity index (χ0n) is 18.7. The summed E-state index contributed by atoms with van der Waals surface area (Å²) in [6.45, 7) is -0.339. The summed E-state index contributed by atoms with van der Waals surface area (Å²) in [5.41, 5.74) is 3.84. The fourth-order valence-electron chi connectivity index (χ4n) is 3.22. The molecule has 1 heterocycles. The smallest absolute Gasteiger partial charge is 0.307 e. The van der Waals surface area contributed by atoms with Crippen molar-refractivity contribution in [1.82, 2.24) is 5.43 Å². The van der Waals surface area contributed by atoms with Crippen molar-refractivity contribution >= 4 is 66.5 Å². The Balaban J connectivity index is 1.44. The zero-order chi connectivity index (χ0) is 25.7. The fourth-order valence-corrected chi connectivity index (χ4v) is 4.56. The number of hydrazone groups is 1. The minimum atomic E-state index is -0.547. The Morgan fingerprint density at radius 1 is 1.11 bits per heavy atom. The molecular weight excluding hydrogens is 601 g/mol. The third-order valence-corrected chi connectivity index (χ3v) is 5.88. The lowest BCUT2D eigenvalue weighted by Gasteiger charge is -2.13. The summed E-state index contributed by atoms with van der Waals surface area (Å²) in [5.74, 6) is -0.700. The van der Waals surface area contributed by atoms with Crippen molar-refractivity contribution in [3.8, 4) is 11.5 Å². The Labute approximate surface area is 221 Å². The molecule has 36 heavy (non-hydrogen) atoms. The summed E-state index contributed by atoms with van der Waals surface area (Å²) in [4.78, 5) is 24.8. The van der Waals surface area contributed by atoms with E-state index in [2.05, 4.69) is 47.7 Å². The maximum Gasteiger partial charge on any atom is 0.307 e. The topological polar surface area (TPSA) is 102 Å². The monoisotopic (exact) mass is 617 g/mol. The van der Waals surface area contributed by atoms with E-state index in [1.165, 1.54) is 37.6 Å². The molecule has 2 amide bonds. The van der Waals surface area contributed by atoms with Crippen LogP contribution in [0.15, 0.2) is 79.1 Å². The molecule has 2 N–H and O–H groups in total. The maximum absolute atomic E-state index is 13.0. The number of halogens is 3. The highest BCUT2D eigenvalue weighted by molar-refractivity contribution is 9.11. The quantitative estimate of drug-likeness (QED) is 0.189. The second kappa shape index (κ2) is 11.4. The van der Waals surface area contributed by atoms with Gasteiger partial charge in [-0.3, -0.25) is 9.59 Å². The van der Waals surface area contributed by atoms with Gasteiger partial charge in [0.1, 0.15) is 11.4 Å². The van der Waals surface area contributed by atoms with Crippen molar-refractivity contribution < 1.29 is 27.9 Å². The summed E-state index contributed by atoms with van der Waals surface area (Å²) < 4.78 is 31.2. The van der Waals surface area contributed by atoms with Crippen LogP contribution >= 0.6 is 31.9 Å². The summed E-state index contributed by atoms with van der Waals surface area (Å²) in [5, 5.41) is 7.35. The van der Waals surface area contributed by atoms with Gasteiger partial charge in [-0.05, 0) is 70.5 Å².